The number of likely N-dealkylation sites (N-methyl/N-ethyl adjacent to an activating group) is 2. The van der Waals surface area contributed by atoms with Crippen molar-refractivity contribution in [3.8, 4) is 5.75 Å². The largest absolute Gasteiger partial charge is 0.495 e. The molecule has 0 aliphatic rings. The minimum Gasteiger partial charge on any atom is -0.495 e. The van der Waals surface area contributed by atoms with Gasteiger partial charge in [0.2, 0.25) is 10.0 Å². The molecular weight excluding hydrogens is 266 g/mol. The normalized spacial score (nSPS) is 12.1. The zero-order valence-electron chi connectivity index (χ0n) is 11.8. The molecule has 0 spiro atoms. The van der Waals surface area contributed by atoms with Crippen molar-refractivity contribution >= 4 is 15.7 Å². The molecule has 1 aromatic rings. The van der Waals surface area contributed by atoms with E-state index in [0.29, 0.717) is 24.5 Å². The fraction of sp³-hybridized carbons (Fsp3) is 0.500. The molecule has 1 rings (SSSR count). The molecule has 0 aliphatic carbocycles. The molecule has 19 heavy (non-hydrogen) atoms. The maximum Gasteiger partial charge on any atom is 0.246 e. The van der Waals surface area contributed by atoms with E-state index in [1.165, 1.54) is 17.5 Å². The molecule has 6 nitrogen and oxygen atoms in total. The summed E-state index contributed by atoms with van der Waals surface area (Å²) in [6, 6.07) is 4.58. The van der Waals surface area contributed by atoms with Gasteiger partial charge in [-0.1, -0.05) is 0 Å². The first-order valence-corrected chi connectivity index (χ1v) is 7.27. The van der Waals surface area contributed by atoms with Crippen molar-refractivity contribution in [2.75, 3.05) is 47.1 Å². The molecule has 0 saturated carbocycles. The number of methoxy groups -OCH3 is 1. The first kappa shape index (κ1) is 15.7. The Morgan fingerprint density at radius 1 is 1.21 bits per heavy atom. The van der Waals surface area contributed by atoms with Crippen LogP contribution in [0.15, 0.2) is 23.1 Å². The molecule has 2 N–H and O–H groups in total. The van der Waals surface area contributed by atoms with Gasteiger partial charge >= 0.3 is 0 Å². The second-order valence-electron chi connectivity index (χ2n) is 4.54. The van der Waals surface area contributed by atoms with Crippen molar-refractivity contribution in [1.82, 2.24) is 9.21 Å². The van der Waals surface area contributed by atoms with Crippen molar-refractivity contribution in [3.05, 3.63) is 18.2 Å². The minimum atomic E-state index is -3.60. The summed E-state index contributed by atoms with van der Waals surface area (Å²) >= 11 is 0. The summed E-state index contributed by atoms with van der Waals surface area (Å²) < 4.78 is 31.3. The fourth-order valence-electron chi connectivity index (χ4n) is 1.52. The Kier molecular flexibility index (Phi) is 5.16. The predicted molar refractivity (Wildman–Crippen MR) is 75.8 cm³/mol. The van der Waals surface area contributed by atoms with Crippen LogP contribution in [0.1, 0.15) is 0 Å². The second kappa shape index (κ2) is 6.23. The van der Waals surface area contributed by atoms with Gasteiger partial charge in [0.25, 0.3) is 0 Å². The SMILES string of the molecule is COc1ccc(N)cc1S(=O)(=O)N(C)CCN(C)C. The van der Waals surface area contributed by atoms with Crippen LogP contribution in [0, 0.1) is 0 Å². The third-order valence-corrected chi connectivity index (χ3v) is 4.62. The summed E-state index contributed by atoms with van der Waals surface area (Å²) in [5, 5.41) is 0. The van der Waals surface area contributed by atoms with E-state index < -0.39 is 10.0 Å². The van der Waals surface area contributed by atoms with Crippen molar-refractivity contribution in [3.63, 3.8) is 0 Å². The van der Waals surface area contributed by atoms with Crippen LogP contribution in [0.5, 0.6) is 5.75 Å². The van der Waals surface area contributed by atoms with Gasteiger partial charge in [-0.2, -0.15) is 4.31 Å². The van der Waals surface area contributed by atoms with E-state index >= 15 is 0 Å². The zero-order valence-corrected chi connectivity index (χ0v) is 12.6. The van der Waals surface area contributed by atoms with Gasteiger partial charge in [0, 0.05) is 25.8 Å². The summed E-state index contributed by atoms with van der Waals surface area (Å²) in [7, 11) is 3.16. The third kappa shape index (κ3) is 3.82. The number of benzene rings is 1. The first-order valence-electron chi connectivity index (χ1n) is 5.83. The molecular formula is C12H21N3O3S. The van der Waals surface area contributed by atoms with Crippen LogP contribution in [0.2, 0.25) is 0 Å². The van der Waals surface area contributed by atoms with Crippen molar-refractivity contribution < 1.29 is 13.2 Å². The molecule has 1 aromatic carbocycles. The highest BCUT2D eigenvalue weighted by atomic mass is 32.2. The maximum absolute atomic E-state index is 12.4. The number of hydrogen-bond acceptors (Lipinski definition) is 5. The van der Waals surface area contributed by atoms with E-state index in [2.05, 4.69) is 0 Å². The Balaban J connectivity index is 3.09. The molecule has 0 saturated heterocycles. The van der Waals surface area contributed by atoms with Crippen LogP contribution >= 0.6 is 0 Å². The maximum atomic E-state index is 12.4. The van der Waals surface area contributed by atoms with Gasteiger partial charge in [-0.3, -0.25) is 0 Å². The molecule has 0 bridgehead atoms. The monoisotopic (exact) mass is 287 g/mol. The summed E-state index contributed by atoms with van der Waals surface area (Å²) in [6.45, 7) is 1.04. The van der Waals surface area contributed by atoms with Crippen molar-refractivity contribution in [2.45, 2.75) is 4.90 Å². The van der Waals surface area contributed by atoms with Gasteiger partial charge in [-0.05, 0) is 32.3 Å². The van der Waals surface area contributed by atoms with Gasteiger partial charge in [-0.25, -0.2) is 8.42 Å². The van der Waals surface area contributed by atoms with Crippen LogP contribution in [-0.4, -0.2) is 59.0 Å². The van der Waals surface area contributed by atoms with Crippen LogP contribution in [0.4, 0.5) is 5.69 Å². The highest BCUT2D eigenvalue weighted by Crippen LogP contribution is 2.27. The van der Waals surface area contributed by atoms with Gasteiger partial charge in [0.1, 0.15) is 10.6 Å². The number of ether oxygens (including phenoxy) is 1. The zero-order chi connectivity index (χ0) is 14.6. The van der Waals surface area contributed by atoms with Gasteiger partial charge in [-0.15, -0.1) is 0 Å². The Labute approximate surface area is 114 Å². The van der Waals surface area contributed by atoms with E-state index in [1.807, 2.05) is 19.0 Å². The van der Waals surface area contributed by atoms with E-state index in [0.717, 1.165) is 0 Å². The van der Waals surface area contributed by atoms with E-state index in [-0.39, 0.29) is 4.90 Å². The van der Waals surface area contributed by atoms with Gasteiger partial charge in [0.05, 0.1) is 7.11 Å². The topological polar surface area (TPSA) is 75.9 Å². The summed E-state index contributed by atoms with van der Waals surface area (Å²) in [6.07, 6.45) is 0. The Bertz CT molecular complexity index is 529. The lowest BCUT2D eigenvalue weighted by atomic mass is 10.3. The molecule has 0 atom stereocenters. The van der Waals surface area contributed by atoms with E-state index in [4.69, 9.17) is 10.5 Å². The Morgan fingerprint density at radius 2 is 1.84 bits per heavy atom. The van der Waals surface area contributed by atoms with Crippen LogP contribution < -0.4 is 10.5 Å². The average Bonchev–Trinajstić information content (AvgIpc) is 2.35. The molecule has 0 unspecified atom stereocenters. The molecule has 0 aliphatic heterocycles. The lowest BCUT2D eigenvalue weighted by Crippen LogP contribution is -2.33. The number of nitrogens with two attached hydrogens (primary N) is 1. The first-order chi connectivity index (χ1) is 8.78. The molecule has 0 heterocycles. The average molecular weight is 287 g/mol. The molecule has 7 heteroatoms. The molecule has 0 aromatic heterocycles. The number of sulfonamides is 1. The minimum absolute atomic E-state index is 0.0938. The quantitative estimate of drug-likeness (QED) is 0.769. The number of nitrogens with zero attached hydrogens (tertiary/aromatic N) is 2. The van der Waals surface area contributed by atoms with Crippen LogP contribution in [0.25, 0.3) is 0 Å². The van der Waals surface area contributed by atoms with Crippen molar-refractivity contribution in [2.24, 2.45) is 0 Å². The summed E-state index contributed by atoms with van der Waals surface area (Å²) in [4.78, 5) is 2.01. The smallest absolute Gasteiger partial charge is 0.246 e. The highest BCUT2D eigenvalue weighted by Gasteiger charge is 2.24. The van der Waals surface area contributed by atoms with Gasteiger partial charge in [0.15, 0.2) is 0 Å². The third-order valence-electron chi connectivity index (χ3n) is 2.74. The van der Waals surface area contributed by atoms with Crippen molar-refractivity contribution in [1.29, 1.82) is 0 Å². The number of anilines is 1. The van der Waals surface area contributed by atoms with E-state index in [1.54, 1.807) is 19.2 Å². The Hall–Kier alpha value is -1.31. The molecule has 108 valence electrons. The highest BCUT2D eigenvalue weighted by molar-refractivity contribution is 7.89. The second-order valence-corrected chi connectivity index (χ2v) is 6.55. The van der Waals surface area contributed by atoms with Gasteiger partial charge < -0.3 is 15.4 Å². The lowest BCUT2D eigenvalue weighted by molar-refractivity contribution is 0.356. The summed E-state index contributed by atoms with van der Waals surface area (Å²) in [5.74, 6) is 0.297. The summed E-state index contributed by atoms with van der Waals surface area (Å²) in [5.41, 5.74) is 6.04. The molecule has 0 amide bonds. The lowest BCUT2D eigenvalue weighted by Gasteiger charge is -2.20. The predicted octanol–water partition coefficient (Wildman–Crippen LogP) is 0.460. The van der Waals surface area contributed by atoms with Crippen LogP contribution in [-0.2, 0) is 10.0 Å². The van der Waals surface area contributed by atoms with E-state index in [9.17, 15) is 8.42 Å². The number of rotatable bonds is 6. The fourth-order valence-corrected chi connectivity index (χ4v) is 2.87. The Morgan fingerprint density at radius 3 is 2.37 bits per heavy atom. The van der Waals surface area contributed by atoms with Crippen LogP contribution in [0.3, 0.4) is 0 Å². The number of nitrogen functional groups attached to an aromatic ring is 1. The number of hydrogen-bond donors (Lipinski definition) is 1. The molecule has 0 radical (unpaired) electrons. The standard InChI is InChI=1S/C12H21N3O3S/c1-14(2)7-8-15(3)19(16,17)12-9-10(13)5-6-11(12)18-4/h5-6,9H,7-8,13H2,1-4H3. The molecule has 0 fully saturated rings.